The molecule has 2 N–H and O–H groups in total. The second-order valence-corrected chi connectivity index (χ2v) is 4.68. The van der Waals surface area contributed by atoms with Gasteiger partial charge in [-0.15, -0.1) is 11.3 Å². The maximum atomic E-state index is 6.03. The SMILES string of the molecule is C=C(CC)CC(N)c1ccc(C)s1. The number of aryl methyl sites for hydroxylation is 1. The van der Waals surface area contributed by atoms with Gasteiger partial charge in [-0.05, 0) is 31.9 Å². The highest BCUT2D eigenvalue weighted by molar-refractivity contribution is 7.12. The zero-order valence-electron chi connectivity index (χ0n) is 8.34. The van der Waals surface area contributed by atoms with Crippen LogP contribution in [0, 0.1) is 6.92 Å². The summed E-state index contributed by atoms with van der Waals surface area (Å²) in [5.41, 5.74) is 7.27. The summed E-state index contributed by atoms with van der Waals surface area (Å²) in [5.74, 6) is 0. The third kappa shape index (κ3) is 2.98. The summed E-state index contributed by atoms with van der Waals surface area (Å²) in [6.45, 7) is 8.20. The van der Waals surface area contributed by atoms with Crippen molar-refractivity contribution in [1.29, 1.82) is 0 Å². The minimum absolute atomic E-state index is 0.145. The molecular weight excluding hydrogens is 178 g/mol. The van der Waals surface area contributed by atoms with E-state index in [2.05, 4.69) is 32.6 Å². The molecule has 13 heavy (non-hydrogen) atoms. The van der Waals surface area contributed by atoms with Gasteiger partial charge in [0.2, 0.25) is 0 Å². The third-order valence-corrected chi connectivity index (χ3v) is 3.27. The molecule has 0 aliphatic carbocycles. The van der Waals surface area contributed by atoms with Gasteiger partial charge in [0.15, 0.2) is 0 Å². The van der Waals surface area contributed by atoms with Crippen molar-refractivity contribution in [3.05, 3.63) is 34.0 Å². The van der Waals surface area contributed by atoms with Crippen LogP contribution in [0.15, 0.2) is 24.3 Å². The summed E-state index contributed by atoms with van der Waals surface area (Å²) in [5, 5.41) is 0. The van der Waals surface area contributed by atoms with Gasteiger partial charge in [-0.25, -0.2) is 0 Å². The van der Waals surface area contributed by atoms with Crippen LogP contribution in [0.1, 0.15) is 35.6 Å². The highest BCUT2D eigenvalue weighted by Gasteiger charge is 2.08. The molecule has 2 heteroatoms. The van der Waals surface area contributed by atoms with Crippen LogP contribution in [0.2, 0.25) is 0 Å². The molecule has 0 amide bonds. The molecule has 0 spiro atoms. The Kier molecular flexibility index (Phi) is 3.70. The first kappa shape index (κ1) is 10.5. The lowest BCUT2D eigenvalue weighted by Crippen LogP contribution is -2.08. The van der Waals surface area contributed by atoms with E-state index < -0.39 is 0 Å². The molecule has 1 rings (SSSR count). The molecule has 1 nitrogen and oxygen atoms in total. The monoisotopic (exact) mass is 195 g/mol. The molecular formula is C11H17NS. The highest BCUT2D eigenvalue weighted by Crippen LogP contribution is 2.25. The smallest absolute Gasteiger partial charge is 0.0427 e. The van der Waals surface area contributed by atoms with Crippen molar-refractivity contribution in [2.45, 2.75) is 32.7 Å². The predicted octanol–water partition coefficient (Wildman–Crippen LogP) is 3.41. The normalized spacial score (nSPS) is 12.8. The standard InChI is InChI=1S/C11H17NS/c1-4-8(2)7-10(12)11-6-5-9(3)13-11/h5-6,10H,2,4,7,12H2,1,3H3. The molecule has 0 fully saturated rings. The summed E-state index contributed by atoms with van der Waals surface area (Å²) < 4.78 is 0. The Balaban J connectivity index is 2.58. The summed E-state index contributed by atoms with van der Waals surface area (Å²) in [6.07, 6.45) is 1.94. The molecule has 1 heterocycles. The molecule has 0 saturated heterocycles. The Hall–Kier alpha value is -0.600. The number of nitrogens with two attached hydrogens (primary N) is 1. The number of hydrogen-bond acceptors (Lipinski definition) is 2. The fourth-order valence-electron chi connectivity index (χ4n) is 1.21. The second kappa shape index (κ2) is 4.58. The maximum Gasteiger partial charge on any atom is 0.0427 e. The van der Waals surface area contributed by atoms with Crippen molar-refractivity contribution in [2.24, 2.45) is 5.73 Å². The van der Waals surface area contributed by atoms with E-state index in [0.29, 0.717) is 0 Å². The van der Waals surface area contributed by atoms with Crippen molar-refractivity contribution in [2.75, 3.05) is 0 Å². The van der Waals surface area contributed by atoms with Gasteiger partial charge >= 0.3 is 0 Å². The van der Waals surface area contributed by atoms with Crippen molar-refractivity contribution < 1.29 is 0 Å². The summed E-state index contributed by atoms with van der Waals surface area (Å²) in [4.78, 5) is 2.60. The molecule has 0 aromatic carbocycles. The van der Waals surface area contributed by atoms with Gasteiger partial charge in [0, 0.05) is 15.8 Å². The van der Waals surface area contributed by atoms with Crippen molar-refractivity contribution in [1.82, 2.24) is 0 Å². The predicted molar refractivity (Wildman–Crippen MR) is 60.0 cm³/mol. The lowest BCUT2D eigenvalue weighted by Gasteiger charge is -2.09. The Labute approximate surface area is 84.3 Å². The third-order valence-electron chi connectivity index (χ3n) is 2.14. The van der Waals surface area contributed by atoms with Gasteiger partial charge in [-0.3, -0.25) is 0 Å². The zero-order valence-corrected chi connectivity index (χ0v) is 9.16. The number of rotatable bonds is 4. The lowest BCUT2D eigenvalue weighted by molar-refractivity contribution is 0.714. The van der Waals surface area contributed by atoms with Gasteiger partial charge in [0.25, 0.3) is 0 Å². The summed E-state index contributed by atoms with van der Waals surface area (Å²) in [7, 11) is 0. The molecule has 0 saturated carbocycles. The van der Waals surface area contributed by atoms with Crippen LogP contribution in [0.3, 0.4) is 0 Å². The lowest BCUT2D eigenvalue weighted by atomic mass is 10.1. The van der Waals surface area contributed by atoms with E-state index in [4.69, 9.17) is 5.73 Å². The Morgan fingerprint density at radius 2 is 2.31 bits per heavy atom. The molecule has 1 aromatic heterocycles. The first-order valence-electron chi connectivity index (χ1n) is 4.62. The Bertz CT molecular complexity index is 288. The maximum absolute atomic E-state index is 6.03. The zero-order chi connectivity index (χ0) is 9.84. The van der Waals surface area contributed by atoms with Gasteiger partial charge in [0.05, 0.1) is 0 Å². The summed E-state index contributed by atoms with van der Waals surface area (Å²) in [6, 6.07) is 4.38. The fraction of sp³-hybridized carbons (Fsp3) is 0.455. The van der Waals surface area contributed by atoms with Crippen molar-refractivity contribution in [3.63, 3.8) is 0 Å². The molecule has 0 aliphatic heterocycles. The van der Waals surface area contributed by atoms with Gasteiger partial charge < -0.3 is 5.73 Å². The minimum Gasteiger partial charge on any atom is -0.323 e. The van der Waals surface area contributed by atoms with Crippen LogP contribution in [-0.2, 0) is 0 Å². The van der Waals surface area contributed by atoms with E-state index in [1.807, 2.05) is 0 Å². The average Bonchev–Trinajstić information content (AvgIpc) is 2.51. The van der Waals surface area contributed by atoms with Crippen LogP contribution >= 0.6 is 11.3 Å². The van der Waals surface area contributed by atoms with E-state index in [1.165, 1.54) is 15.3 Å². The fourth-order valence-corrected chi connectivity index (χ4v) is 2.09. The summed E-state index contributed by atoms with van der Waals surface area (Å²) >= 11 is 1.78. The van der Waals surface area contributed by atoms with E-state index in [0.717, 1.165) is 12.8 Å². The number of thiophene rings is 1. The first-order valence-corrected chi connectivity index (χ1v) is 5.43. The van der Waals surface area contributed by atoms with Gasteiger partial charge in [-0.2, -0.15) is 0 Å². The average molecular weight is 195 g/mol. The molecule has 72 valence electrons. The van der Waals surface area contributed by atoms with E-state index in [-0.39, 0.29) is 6.04 Å². The second-order valence-electron chi connectivity index (χ2n) is 3.36. The molecule has 0 aliphatic rings. The van der Waals surface area contributed by atoms with Crippen LogP contribution in [0.25, 0.3) is 0 Å². The van der Waals surface area contributed by atoms with Gasteiger partial charge in [-0.1, -0.05) is 19.1 Å². The van der Waals surface area contributed by atoms with Crippen LogP contribution in [0.5, 0.6) is 0 Å². The van der Waals surface area contributed by atoms with E-state index >= 15 is 0 Å². The van der Waals surface area contributed by atoms with E-state index in [9.17, 15) is 0 Å². The molecule has 1 aromatic rings. The molecule has 0 radical (unpaired) electrons. The highest BCUT2D eigenvalue weighted by atomic mass is 32.1. The quantitative estimate of drug-likeness (QED) is 0.732. The Morgan fingerprint density at radius 3 is 2.77 bits per heavy atom. The first-order chi connectivity index (χ1) is 6.13. The largest absolute Gasteiger partial charge is 0.323 e. The molecule has 1 atom stereocenters. The van der Waals surface area contributed by atoms with Crippen LogP contribution in [-0.4, -0.2) is 0 Å². The van der Waals surface area contributed by atoms with Crippen molar-refractivity contribution in [3.8, 4) is 0 Å². The molecule has 1 unspecified atom stereocenters. The van der Waals surface area contributed by atoms with Crippen LogP contribution < -0.4 is 5.73 Å². The number of hydrogen-bond donors (Lipinski definition) is 1. The van der Waals surface area contributed by atoms with Crippen LogP contribution in [0.4, 0.5) is 0 Å². The topological polar surface area (TPSA) is 26.0 Å². The van der Waals surface area contributed by atoms with Crippen molar-refractivity contribution >= 4 is 11.3 Å². The van der Waals surface area contributed by atoms with Gasteiger partial charge in [0.1, 0.15) is 0 Å². The Morgan fingerprint density at radius 1 is 1.62 bits per heavy atom. The molecule has 0 bridgehead atoms. The minimum atomic E-state index is 0.145. The van der Waals surface area contributed by atoms with E-state index in [1.54, 1.807) is 11.3 Å².